The Labute approximate surface area is 179 Å². The molecule has 3 rings (SSSR count). The number of benzene rings is 3. The molecule has 158 valence electrons. The van der Waals surface area contributed by atoms with Crippen LogP contribution in [0, 0.1) is 17.0 Å². The van der Waals surface area contributed by atoms with Crippen molar-refractivity contribution in [1.82, 2.24) is 5.32 Å². The normalized spacial score (nSPS) is 11.4. The zero-order valence-corrected chi connectivity index (χ0v) is 17.0. The Bertz CT molecular complexity index is 1070. The largest absolute Gasteiger partial charge is 0.452 e. The quantitative estimate of drug-likeness (QED) is 0.336. The summed E-state index contributed by atoms with van der Waals surface area (Å²) < 4.78 is 5.12. The van der Waals surface area contributed by atoms with Crippen LogP contribution in [0.2, 0.25) is 0 Å². The van der Waals surface area contributed by atoms with E-state index >= 15 is 0 Å². The fraction of sp³-hybridized carbons (Fsp3) is 0.167. The zero-order valence-electron chi connectivity index (χ0n) is 17.0. The molecule has 0 saturated carbocycles. The van der Waals surface area contributed by atoms with Gasteiger partial charge in [-0.15, -0.1) is 0 Å². The number of nitro benzene ring substituents is 1. The number of nitrogens with one attached hydrogen (secondary N) is 1. The van der Waals surface area contributed by atoms with Crippen molar-refractivity contribution in [2.24, 2.45) is 0 Å². The lowest BCUT2D eigenvalue weighted by Gasteiger charge is -2.19. The number of nitro groups is 1. The summed E-state index contributed by atoms with van der Waals surface area (Å²) >= 11 is 0. The highest BCUT2D eigenvalue weighted by Gasteiger charge is 2.21. The predicted molar refractivity (Wildman–Crippen MR) is 116 cm³/mol. The maximum Gasteiger partial charge on any atom is 0.339 e. The van der Waals surface area contributed by atoms with Crippen molar-refractivity contribution < 1.29 is 19.2 Å². The van der Waals surface area contributed by atoms with Crippen LogP contribution in [0.1, 0.15) is 33.1 Å². The number of nitrogens with zero attached hydrogens (tertiary/aromatic N) is 1. The minimum Gasteiger partial charge on any atom is -0.452 e. The Morgan fingerprint density at radius 3 is 2.26 bits per heavy atom. The van der Waals surface area contributed by atoms with Crippen LogP contribution in [0.4, 0.5) is 5.69 Å². The average Bonchev–Trinajstić information content (AvgIpc) is 2.78. The Balaban J connectivity index is 1.67. The molecule has 0 aliphatic heterocycles. The van der Waals surface area contributed by atoms with Crippen molar-refractivity contribution in [2.45, 2.75) is 19.4 Å². The van der Waals surface area contributed by atoms with Gasteiger partial charge in [-0.25, -0.2) is 4.79 Å². The van der Waals surface area contributed by atoms with Gasteiger partial charge in [-0.2, -0.15) is 0 Å². The van der Waals surface area contributed by atoms with Crippen LogP contribution in [0.25, 0.3) is 0 Å². The molecule has 0 unspecified atom stereocenters. The van der Waals surface area contributed by atoms with E-state index in [9.17, 15) is 19.7 Å². The van der Waals surface area contributed by atoms with Gasteiger partial charge < -0.3 is 10.1 Å². The summed E-state index contributed by atoms with van der Waals surface area (Å²) in [6.07, 6.45) is 0.578. The molecule has 0 aliphatic carbocycles. The van der Waals surface area contributed by atoms with Crippen LogP contribution in [0.3, 0.4) is 0 Å². The topological polar surface area (TPSA) is 98.5 Å². The van der Waals surface area contributed by atoms with E-state index in [4.69, 9.17) is 4.74 Å². The van der Waals surface area contributed by atoms with Crippen molar-refractivity contribution in [3.8, 4) is 0 Å². The molecule has 1 atom stereocenters. The van der Waals surface area contributed by atoms with Gasteiger partial charge in [-0.1, -0.05) is 66.7 Å². The molecule has 3 aromatic rings. The van der Waals surface area contributed by atoms with Crippen molar-refractivity contribution in [3.05, 3.63) is 111 Å². The lowest BCUT2D eigenvalue weighted by Crippen LogP contribution is -2.33. The van der Waals surface area contributed by atoms with E-state index in [1.165, 1.54) is 25.1 Å². The third kappa shape index (κ3) is 5.76. The molecule has 0 radical (unpaired) electrons. The van der Waals surface area contributed by atoms with Crippen LogP contribution >= 0.6 is 0 Å². The molecule has 1 N–H and O–H groups in total. The van der Waals surface area contributed by atoms with Gasteiger partial charge in [0.05, 0.1) is 16.5 Å². The minimum absolute atomic E-state index is 0.0610. The third-order valence-electron chi connectivity index (χ3n) is 4.88. The number of carbonyl (C=O) groups is 2. The smallest absolute Gasteiger partial charge is 0.339 e. The molecule has 0 aromatic heterocycles. The molecule has 7 heteroatoms. The SMILES string of the molecule is Cc1c(C(=O)OCC(=O)N[C@@H](Cc2ccccc2)c2ccccc2)cccc1[N+](=O)[O-]. The predicted octanol–water partition coefficient (Wildman–Crippen LogP) is 4.16. The summed E-state index contributed by atoms with van der Waals surface area (Å²) in [4.78, 5) is 35.4. The second-order valence-corrected chi connectivity index (χ2v) is 7.00. The average molecular weight is 418 g/mol. The van der Waals surface area contributed by atoms with Crippen molar-refractivity contribution in [2.75, 3.05) is 6.61 Å². The van der Waals surface area contributed by atoms with Gasteiger partial charge >= 0.3 is 5.97 Å². The standard InChI is InChI=1S/C24H22N2O5/c1-17-20(13-8-14-22(17)26(29)30)24(28)31-16-23(27)25-21(19-11-6-3-7-12-19)15-18-9-4-2-5-10-18/h2-14,21H,15-16H2,1H3,(H,25,27)/t21-/m0/s1. The van der Waals surface area contributed by atoms with Gasteiger partial charge in [0.1, 0.15) is 0 Å². The maximum atomic E-state index is 12.5. The molecule has 0 saturated heterocycles. The molecule has 3 aromatic carbocycles. The second-order valence-electron chi connectivity index (χ2n) is 7.00. The summed E-state index contributed by atoms with van der Waals surface area (Å²) in [6.45, 7) is 0.985. The Morgan fingerprint density at radius 2 is 1.61 bits per heavy atom. The molecular formula is C24H22N2O5. The molecular weight excluding hydrogens is 396 g/mol. The number of esters is 1. The van der Waals surface area contributed by atoms with E-state index in [0.29, 0.717) is 6.42 Å². The number of amides is 1. The monoisotopic (exact) mass is 418 g/mol. The number of carbonyl (C=O) groups excluding carboxylic acids is 2. The number of rotatable bonds is 8. The third-order valence-corrected chi connectivity index (χ3v) is 4.88. The van der Waals surface area contributed by atoms with Gasteiger partial charge in [-0.3, -0.25) is 14.9 Å². The van der Waals surface area contributed by atoms with Gasteiger partial charge in [0.2, 0.25) is 0 Å². The van der Waals surface area contributed by atoms with Crippen LogP contribution in [0.15, 0.2) is 78.9 Å². The maximum absolute atomic E-state index is 12.5. The van der Waals surface area contributed by atoms with Crippen molar-refractivity contribution in [1.29, 1.82) is 0 Å². The summed E-state index contributed by atoms with van der Waals surface area (Å²) in [7, 11) is 0. The van der Waals surface area contributed by atoms with Crippen LogP contribution < -0.4 is 5.32 Å². The van der Waals surface area contributed by atoms with Crippen LogP contribution in [-0.2, 0) is 16.0 Å². The van der Waals surface area contributed by atoms with Gasteiger partial charge in [0.15, 0.2) is 6.61 Å². The highest BCUT2D eigenvalue weighted by atomic mass is 16.6. The van der Waals surface area contributed by atoms with E-state index in [-0.39, 0.29) is 22.9 Å². The highest BCUT2D eigenvalue weighted by molar-refractivity contribution is 5.93. The fourth-order valence-corrected chi connectivity index (χ4v) is 3.27. The first-order valence-corrected chi connectivity index (χ1v) is 9.75. The number of ether oxygens (including phenoxy) is 1. The van der Waals surface area contributed by atoms with Crippen molar-refractivity contribution >= 4 is 17.6 Å². The number of hydrogen-bond donors (Lipinski definition) is 1. The second kappa shape index (κ2) is 10.2. The number of hydrogen-bond acceptors (Lipinski definition) is 5. The summed E-state index contributed by atoms with van der Waals surface area (Å²) in [5.41, 5.74) is 2.07. The molecule has 0 bridgehead atoms. The lowest BCUT2D eigenvalue weighted by atomic mass is 9.99. The molecule has 0 heterocycles. The Morgan fingerprint density at radius 1 is 0.968 bits per heavy atom. The molecule has 0 fully saturated rings. The van der Waals surface area contributed by atoms with Gasteiger partial charge in [0, 0.05) is 11.6 Å². The zero-order chi connectivity index (χ0) is 22.2. The van der Waals surface area contributed by atoms with Gasteiger partial charge in [-0.05, 0) is 30.5 Å². The highest BCUT2D eigenvalue weighted by Crippen LogP contribution is 2.22. The van der Waals surface area contributed by atoms with E-state index in [0.717, 1.165) is 11.1 Å². The summed E-state index contributed by atoms with van der Waals surface area (Å²) in [6, 6.07) is 23.1. The first-order valence-electron chi connectivity index (χ1n) is 9.75. The Hall–Kier alpha value is -4.00. The molecule has 0 spiro atoms. The fourth-order valence-electron chi connectivity index (χ4n) is 3.27. The first kappa shape index (κ1) is 21.7. The van der Waals surface area contributed by atoms with Crippen molar-refractivity contribution in [3.63, 3.8) is 0 Å². The Kier molecular flexibility index (Phi) is 7.11. The molecule has 7 nitrogen and oxygen atoms in total. The molecule has 1 amide bonds. The van der Waals surface area contributed by atoms with Crippen LogP contribution in [-0.4, -0.2) is 23.4 Å². The van der Waals surface area contributed by atoms with E-state index in [2.05, 4.69) is 5.32 Å². The van der Waals surface area contributed by atoms with Crippen LogP contribution in [0.5, 0.6) is 0 Å². The molecule has 31 heavy (non-hydrogen) atoms. The van der Waals surface area contributed by atoms with E-state index in [1.54, 1.807) is 0 Å². The lowest BCUT2D eigenvalue weighted by molar-refractivity contribution is -0.385. The van der Waals surface area contributed by atoms with E-state index < -0.39 is 23.4 Å². The minimum atomic E-state index is -0.782. The first-order chi connectivity index (χ1) is 15.0. The van der Waals surface area contributed by atoms with E-state index in [1.807, 2.05) is 60.7 Å². The molecule has 0 aliphatic rings. The van der Waals surface area contributed by atoms with Gasteiger partial charge in [0.25, 0.3) is 11.6 Å². The summed E-state index contributed by atoms with van der Waals surface area (Å²) in [5.74, 6) is -1.24. The summed E-state index contributed by atoms with van der Waals surface area (Å²) in [5, 5.41) is 14.0.